The lowest BCUT2D eigenvalue weighted by Gasteiger charge is -2.10. The number of aromatic nitrogens is 4. The van der Waals surface area contributed by atoms with E-state index >= 15 is 0 Å². The molecule has 0 unspecified atom stereocenters. The Hall–Kier alpha value is -1.41. The number of carbonyl (C=O) groups excluding carboxylic acids is 1. The third kappa shape index (κ3) is 3.32. The van der Waals surface area contributed by atoms with Crippen molar-refractivity contribution in [1.82, 2.24) is 19.7 Å². The van der Waals surface area contributed by atoms with Crippen molar-refractivity contribution in [2.24, 2.45) is 0 Å². The number of amides is 1. The Bertz CT molecular complexity index is 551. The molecule has 102 valence electrons. The second kappa shape index (κ2) is 6.16. The SMILES string of the molecule is CCn1c(C)nnc1S[C@@H](C)C(=O)Nc1nccs1. The summed E-state index contributed by atoms with van der Waals surface area (Å²) in [7, 11) is 0. The summed E-state index contributed by atoms with van der Waals surface area (Å²) in [5.41, 5.74) is 0. The zero-order valence-electron chi connectivity index (χ0n) is 11.0. The van der Waals surface area contributed by atoms with Gasteiger partial charge in [-0.1, -0.05) is 11.8 Å². The lowest BCUT2D eigenvalue weighted by Crippen LogP contribution is -2.22. The smallest absolute Gasteiger partial charge is 0.239 e. The van der Waals surface area contributed by atoms with Crippen molar-refractivity contribution in [3.63, 3.8) is 0 Å². The fourth-order valence-electron chi connectivity index (χ4n) is 1.52. The third-order valence-electron chi connectivity index (χ3n) is 2.53. The highest BCUT2D eigenvalue weighted by Gasteiger charge is 2.19. The average molecular weight is 297 g/mol. The Kier molecular flexibility index (Phi) is 4.54. The molecule has 1 atom stereocenters. The molecule has 0 aliphatic heterocycles. The first-order chi connectivity index (χ1) is 9.11. The third-order valence-corrected chi connectivity index (χ3v) is 4.30. The molecule has 0 aliphatic rings. The van der Waals surface area contributed by atoms with Crippen molar-refractivity contribution in [3.8, 4) is 0 Å². The molecular weight excluding hydrogens is 282 g/mol. The number of thiazole rings is 1. The van der Waals surface area contributed by atoms with Gasteiger partial charge in [-0.25, -0.2) is 4.98 Å². The summed E-state index contributed by atoms with van der Waals surface area (Å²) in [6.45, 7) is 6.57. The first-order valence-corrected chi connectivity index (χ1v) is 7.64. The summed E-state index contributed by atoms with van der Waals surface area (Å²) in [6.07, 6.45) is 1.66. The number of nitrogens with one attached hydrogen (secondary N) is 1. The predicted molar refractivity (Wildman–Crippen MR) is 76.5 cm³/mol. The van der Waals surface area contributed by atoms with Gasteiger partial charge in [0.15, 0.2) is 10.3 Å². The maximum atomic E-state index is 12.0. The van der Waals surface area contributed by atoms with Crippen LogP contribution < -0.4 is 5.32 Å². The van der Waals surface area contributed by atoms with Crippen LogP contribution in [0.2, 0.25) is 0 Å². The summed E-state index contributed by atoms with van der Waals surface area (Å²) < 4.78 is 1.98. The second-order valence-corrected chi connectivity index (χ2v) is 6.06. The molecule has 0 saturated heterocycles. The number of hydrogen-bond acceptors (Lipinski definition) is 6. The Labute approximate surface area is 119 Å². The van der Waals surface area contributed by atoms with Gasteiger partial charge < -0.3 is 9.88 Å². The van der Waals surface area contributed by atoms with Gasteiger partial charge in [0, 0.05) is 18.1 Å². The molecule has 1 amide bonds. The molecule has 1 N–H and O–H groups in total. The molecule has 2 aromatic heterocycles. The molecule has 0 bridgehead atoms. The molecule has 2 heterocycles. The summed E-state index contributed by atoms with van der Waals surface area (Å²) in [5, 5.41) is 13.8. The van der Waals surface area contributed by atoms with Gasteiger partial charge >= 0.3 is 0 Å². The molecule has 2 aromatic rings. The van der Waals surface area contributed by atoms with Crippen LogP contribution in [0, 0.1) is 6.92 Å². The van der Waals surface area contributed by atoms with Gasteiger partial charge in [-0.3, -0.25) is 4.79 Å². The zero-order valence-corrected chi connectivity index (χ0v) is 12.6. The quantitative estimate of drug-likeness (QED) is 0.856. The van der Waals surface area contributed by atoms with Crippen LogP contribution >= 0.6 is 23.1 Å². The van der Waals surface area contributed by atoms with E-state index in [2.05, 4.69) is 20.5 Å². The van der Waals surface area contributed by atoms with Crippen molar-refractivity contribution in [2.75, 3.05) is 5.32 Å². The van der Waals surface area contributed by atoms with Gasteiger partial charge in [0.05, 0.1) is 5.25 Å². The number of rotatable bonds is 5. The molecule has 0 aromatic carbocycles. The highest BCUT2D eigenvalue weighted by molar-refractivity contribution is 8.00. The topological polar surface area (TPSA) is 72.7 Å². The molecule has 0 fully saturated rings. The number of nitrogens with zero attached hydrogens (tertiary/aromatic N) is 4. The van der Waals surface area contributed by atoms with Crippen molar-refractivity contribution in [2.45, 2.75) is 37.7 Å². The molecule has 19 heavy (non-hydrogen) atoms. The Morgan fingerprint density at radius 3 is 3.00 bits per heavy atom. The van der Waals surface area contributed by atoms with Crippen LogP contribution in [0.5, 0.6) is 0 Å². The maximum Gasteiger partial charge on any atom is 0.239 e. The van der Waals surface area contributed by atoms with Crippen LogP contribution in [0.1, 0.15) is 19.7 Å². The summed E-state index contributed by atoms with van der Waals surface area (Å²) in [4.78, 5) is 16.0. The van der Waals surface area contributed by atoms with Crippen molar-refractivity contribution < 1.29 is 4.79 Å². The van der Waals surface area contributed by atoms with E-state index in [-0.39, 0.29) is 11.2 Å². The lowest BCUT2D eigenvalue weighted by atomic mass is 10.4. The maximum absolute atomic E-state index is 12.0. The number of thioether (sulfide) groups is 1. The van der Waals surface area contributed by atoms with Gasteiger partial charge in [0.2, 0.25) is 5.91 Å². The summed E-state index contributed by atoms with van der Waals surface area (Å²) in [6, 6.07) is 0. The number of anilines is 1. The summed E-state index contributed by atoms with van der Waals surface area (Å²) in [5.74, 6) is 0.779. The van der Waals surface area contributed by atoms with Crippen LogP contribution in [0.3, 0.4) is 0 Å². The largest absolute Gasteiger partial charge is 0.307 e. The van der Waals surface area contributed by atoms with Gasteiger partial charge in [-0.15, -0.1) is 21.5 Å². The van der Waals surface area contributed by atoms with E-state index in [0.717, 1.165) is 17.5 Å². The first-order valence-electron chi connectivity index (χ1n) is 5.88. The number of aryl methyl sites for hydroxylation is 1. The van der Waals surface area contributed by atoms with Crippen LogP contribution in [0.4, 0.5) is 5.13 Å². The number of carbonyl (C=O) groups is 1. The second-order valence-electron chi connectivity index (χ2n) is 3.86. The van der Waals surface area contributed by atoms with Crippen LogP contribution in [0.25, 0.3) is 0 Å². The number of hydrogen-bond donors (Lipinski definition) is 1. The van der Waals surface area contributed by atoms with E-state index in [1.54, 1.807) is 6.20 Å². The molecule has 8 heteroatoms. The van der Waals surface area contributed by atoms with E-state index in [1.807, 2.05) is 30.7 Å². The van der Waals surface area contributed by atoms with Crippen molar-refractivity contribution >= 4 is 34.1 Å². The minimum Gasteiger partial charge on any atom is -0.307 e. The molecule has 6 nitrogen and oxygen atoms in total. The first kappa shape index (κ1) is 14.0. The molecular formula is C11H15N5OS2. The molecule has 0 aliphatic carbocycles. The minimum atomic E-state index is -0.252. The van der Waals surface area contributed by atoms with Crippen molar-refractivity contribution in [1.29, 1.82) is 0 Å². The fraction of sp³-hybridized carbons (Fsp3) is 0.455. The standard InChI is InChI=1S/C11H15N5OS2/c1-4-16-8(3)14-15-11(16)19-7(2)9(17)13-10-12-5-6-18-10/h5-7H,4H2,1-3H3,(H,12,13,17)/t7-/m0/s1. The van der Waals surface area contributed by atoms with Gasteiger partial charge in [-0.2, -0.15) is 0 Å². The van der Waals surface area contributed by atoms with E-state index in [4.69, 9.17) is 0 Å². The lowest BCUT2D eigenvalue weighted by molar-refractivity contribution is -0.115. The molecule has 0 radical (unpaired) electrons. The van der Waals surface area contributed by atoms with E-state index in [0.29, 0.717) is 5.13 Å². The summed E-state index contributed by atoms with van der Waals surface area (Å²) >= 11 is 2.80. The Morgan fingerprint density at radius 2 is 2.37 bits per heavy atom. The predicted octanol–water partition coefficient (Wildman–Crippen LogP) is 2.18. The molecule has 2 rings (SSSR count). The molecule has 0 saturated carbocycles. The monoisotopic (exact) mass is 297 g/mol. The highest BCUT2D eigenvalue weighted by Crippen LogP contribution is 2.23. The van der Waals surface area contributed by atoms with Gasteiger partial charge in [0.25, 0.3) is 0 Å². The minimum absolute atomic E-state index is 0.0803. The van der Waals surface area contributed by atoms with Gasteiger partial charge in [0.1, 0.15) is 5.82 Å². The van der Waals surface area contributed by atoms with E-state index in [9.17, 15) is 4.79 Å². The Morgan fingerprint density at radius 1 is 1.58 bits per heavy atom. The fourth-order valence-corrected chi connectivity index (χ4v) is 3.01. The van der Waals surface area contributed by atoms with Crippen molar-refractivity contribution in [3.05, 3.63) is 17.4 Å². The van der Waals surface area contributed by atoms with E-state index in [1.165, 1.54) is 23.1 Å². The van der Waals surface area contributed by atoms with E-state index < -0.39 is 0 Å². The average Bonchev–Trinajstić information content (AvgIpc) is 2.99. The van der Waals surface area contributed by atoms with Crippen LogP contribution in [0.15, 0.2) is 16.7 Å². The normalized spacial score (nSPS) is 12.4. The highest BCUT2D eigenvalue weighted by atomic mass is 32.2. The van der Waals surface area contributed by atoms with Crippen LogP contribution in [-0.2, 0) is 11.3 Å². The zero-order chi connectivity index (χ0) is 13.8. The van der Waals surface area contributed by atoms with Gasteiger partial charge in [-0.05, 0) is 20.8 Å². The molecule has 0 spiro atoms. The van der Waals surface area contributed by atoms with Crippen LogP contribution in [-0.4, -0.2) is 30.9 Å². The Balaban J connectivity index is 2.00.